The summed E-state index contributed by atoms with van der Waals surface area (Å²) in [7, 11) is 1.57. The lowest BCUT2D eigenvalue weighted by Crippen LogP contribution is -2.02. The first-order valence-electron chi connectivity index (χ1n) is 5.96. The largest absolute Gasteiger partial charge is 0.508 e. The Balaban J connectivity index is 2.16. The first kappa shape index (κ1) is 13.2. The summed E-state index contributed by atoms with van der Waals surface area (Å²) >= 11 is 0. The van der Waals surface area contributed by atoms with Crippen molar-refractivity contribution in [1.29, 1.82) is 0 Å². The van der Waals surface area contributed by atoms with Gasteiger partial charge in [-0.1, -0.05) is 6.07 Å². The highest BCUT2D eigenvalue weighted by atomic mass is 19.1. The number of halogens is 1. The van der Waals surface area contributed by atoms with E-state index in [9.17, 15) is 9.50 Å². The molecule has 0 atom stereocenters. The van der Waals surface area contributed by atoms with Crippen LogP contribution in [0.2, 0.25) is 0 Å². The molecule has 0 aromatic heterocycles. The van der Waals surface area contributed by atoms with E-state index in [0.717, 1.165) is 0 Å². The Morgan fingerprint density at radius 2 is 2.05 bits per heavy atom. The summed E-state index contributed by atoms with van der Waals surface area (Å²) < 4.78 is 18.5. The van der Waals surface area contributed by atoms with Crippen molar-refractivity contribution in [3.05, 3.63) is 53.3 Å². The normalized spacial score (nSPS) is 10.3. The van der Waals surface area contributed by atoms with Gasteiger partial charge in [-0.25, -0.2) is 4.39 Å². The topological polar surface area (TPSA) is 41.5 Å². The molecule has 2 N–H and O–H groups in total. The van der Waals surface area contributed by atoms with E-state index in [1.165, 1.54) is 6.07 Å². The van der Waals surface area contributed by atoms with E-state index in [-0.39, 0.29) is 11.6 Å². The number of rotatable bonds is 4. The Morgan fingerprint density at radius 3 is 2.79 bits per heavy atom. The van der Waals surface area contributed by atoms with E-state index in [2.05, 4.69) is 5.32 Å². The number of anilines is 1. The maximum atomic E-state index is 13.4. The van der Waals surface area contributed by atoms with Crippen molar-refractivity contribution in [1.82, 2.24) is 0 Å². The zero-order valence-electron chi connectivity index (χ0n) is 10.9. The molecule has 100 valence electrons. The lowest BCUT2D eigenvalue weighted by molar-refractivity contribution is 0.411. The van der Waals surface area contributed by atoms with Crippen LogP contribution in [0, 0.1) is 12.7 Å². The van der Waals surface area contributed by atoms with Crippen molar-refractivity contribution < 1.29 is 14.2 Å². The van der Waals surface area contributed by atoms with Crippen molar-refractivity contribution in [2.75, 3.05) is 12.4 Å². The smallest absolute Gasteiger partial charge is 0.128 e. The molecule has 0 radical (unpaired) electrons. The summed E-state index contributed by atoms with van der Waals surface area (Å²) in [5.74, 6) is 0.604. The average molecular weight is 261 g/mol. The zero-order valence-corrected chi connectivity index (χ0v) is 10.9. The number of benzene rings is 2. The Kier molecular flexibility index (Phi) is 3.90. The maximum absolute atomic E-state index is 13.4. The second kappa shape index (κ2) is 5.61. The summed E-state index contributed by atoms with van der Waals surface area (Å²) in [6.45, 7) is 2.11. The van der Waals surface area contributed by atoms with E-state index in [1.54, 1.807) is 44.4 Å². The minimum absolute atomic E-state index is 0.183. The highest BCUT2D eigenvalue weighted by Crippen LogP contribution is 2.25. The van der Waals surface area contributed by atoms with E-state index >= 15 is 0 Å². The molecule has 2 aromatic rings. The van der Waals surface area contributed by atoms with Crippen LogP contribution in [0.15, 0.2) is 36.4 Å². The number of phenolic OH excluding ortho intramolecular Hbond substituents is 1. The monoisotopic (exact) mass is 261 g/mol. The van der Waals surface area contributed by atoms with Crippen molar-refractivity contribution >= 4 is 5.69 Å². The highest BCUT2D eigenvalue weighted by Gasteiger charge is 2.06. The predicted octanol–water partition coefficient (Wildman–Crippen LogP) is 3.46. The van der Waals surface area contributed by atoms with E-state index in [0.29, 0.717) is 29.1 Å². The second-order valence-corrected chi connectivity index (χ2v) is 4.26. The van der Waals surface area contributed by atoms with Crippen LogP contribution in [0.25, 0.3) is 0 Å². The molecule has 0 bridgehead atoms. The number of aromatic hydroxyl groups is 1. The molecule has 2 rings (SSSR count). The molecule has 19 heavy (non-hydrogen) atoms. The van der Waals surface area contributed by atoms with E-state index in [4.69, 9.17) is 4.74 Å². The molecule has 3 nitrogen and oxygen atoms in total. The number of ether oxygens (including phenoxy) is 1. The molecule has 0 saturated heterocycles. The summed E-state index contributed by atoms with van der Waals surface area (Å²) in [5.41, 5.74) is 1.97. The molecule has 0 spiro atoms. The molecule has 0 saturated carbocycles. The third-order valence-electron chi connectivity index (χ3n) is 3.02. The number of methoxy groups -OCH3 is 1. The van der Waals surface area contributed by atoms with Gasteiger partial charge >= 0.3 is 0 Å². The number of phenols is 1. The van der Waals surface area contributed by atoms with Gasteiger partial charge in [-0.2, -0.15) is 0 Å². The van der Waals surface area contributed by atoms with Crippen LogP contribution in [0.4, 0.5) is 10.1 Å². The van der Waals surface area contributed by atoms with Gasteiger partial charge in [0.15, 0.2) is 0 Å². The number of hydrogen-bond acceptors (Lipinski definition) is 3. The minimum atomic E-state index is -0.250. The predicted molar refractivity (Wildman–Crippen MR) is 73.1 cm³/mol. The molecule has 0 unspecified atom stereocenters. The summed E-state index contributed by atoms with van der Waals surface area (Å²) in [4.78, 5) is 0. The average Bonchev–Trinajstić information content (AvgIpc) is 2.42. The maximum Gasteiger partial charge on any atom is 0.128 e. The third kappa shape index (κ3) is 2.96. The molecule has 0 heterocycles. The molecule has 0 aliphatic rings. The number of nitrogens with one attached hydrogen (secondary N) is 1. The van der Waals surface area contributed by atoms with E-state index < -0.39 is 0 Å². The van der Waals surface area contributed by atoms with Crippen molar-refractivity contribution in [3.63, 3.8) is 0 Å². The Morgan fingerprint density at radius 1 is 1.26 bits per heavy atom. The SMILES string of the molecule is COc1ccc(O)c(CNc2cccc(F)c2C)c1. The Labute approximate surface area is 111 Å². The fourth-order valence-corrected chi connectivity index (χ4v) is 1.82. The molecule has 0 amide bonds. The third-order valence-corrected chi connectivity index (χ3v) is 3.02. The standard InChI is InChI=1S/C15H16FNO2/c1-10-13(16)4-3-5-14(10)17-9-11-8-12(19-2)6-7-15(11)18/h3-8,17-18H,9H2,1-2H3. The van der Waals surface area contributed by atoms with Gasteiger partial charge in [0.1, 0.15) is 17.3 Å². The van der Waals surface area contributed by atoms with Crippen LogP contribution in [0.5, 0.6) is 11.5 Å². The summed E-state index contributed by atoms with van der Waals surface area (Å²) in [5, 5.41) is 12.9. The van der Waals surface area contributed by atoms with Gasteiger partial charge in [0, 0.05) is 23.4 Å². The van der Waals surface area contributed by atoms with Crippen LogP contribution in [-0.4, -0.2) is 12.2 Å². The molecule has 2 aromatic carbocycles. The van der Waals surface area contributed by atoms with Crippen LogP contribution in [0.3, 0.4) is 0 Å². The van der Waals surface area contributed by atoms with Gasteiger partial charge in [0.25, 0.3) is 0 Å². The first-order chi connectivity index (χ1) is 9.11. The van der Waals surface area contributed by atoms with Gasteiger partial charge in [-0.15, -0.1) is 0 Å². The molecule has 0 aliphatic carbocycles. The van der Waals surface area contributed by atoms with Crippen LogP contribution < -0.4 is 10.1 Å². The van der Waals surface area contributed by atoms with Crippen molar-refractivity contribution in [2.24, 2.45) is 0 Å². The van der Waals surface area contributed by atoms with Gasteiger partial charge in [0.2, 0.25) is 0 Å². The Hall–Kier alpha value is -2.23. The molecule has 0 aliphatic heterocycles. The van der Waals surface area contributed by atoms with E-state index in [1.807, 2.05) is 0 Å². The van der Waals surface area contributed by atoms with Gasteiger partial charge in [0.05, 0.1) is 7.11 Å². The summed E-state index contributed by atoms with van der Waals surface area (Å²) in [6, 6.07) is 9.88. The van der Waals surface area contributed by atoms with Crippen molar-refractivity contribution in [3.8, 4) is 11.5 Å². The minimum Gasteiger partial charge on any atom is -0.508 e. The van der Waals surface area contributed by atoms with Gasteiger partial charge < -0.3 is 15.2 Å². The van der Waals surface area contributed by atoms with Crippen molar-refractivity contribution in [2.45, 2.75) is 13.5 Å². The fraction of sp³-hybridized carbons (Fsp3) is 0.200. The molecular weight excluding hydrogens is 245 g/mol. The summed E-state index contributed by atoms with van der Waals surface area (Å²) in [6.07, 6.45) is 0. The van der Waals surface area contributed by atoms with Crippen LogP contribution in [0.1, 0.15) is 11.1 Å². The van der Waals surface area contributed by atoms with Gasteiger partial charge in [-0.05, 0) is 37.3 Å². The van der Waals surface area contributed by atoms with Gasteiger partial charge in [-0.3, -0.25) is 0 Å². The molecule has 0 fully saturated rings. The quantitative estimate of drug-likeness (QED) is 0.885. The number of hydrogen-bond donors (Lipinski definition) is 2. The Bertz CT molecular complexity index is 584. The van der Waals surface area contributed by atoms with Crippen LogP contribution >= 0.6 is 0 Å². The van der Waals surface area contributed by atoms with Crippen LogP contribution in [-0.2, 0) is 6.54 Å². The first-order valence-corrected chi connectivity index (χ1v) is 5.96. The zero-order chi connectivity index (χ0) is 13.8. The molecular formula is C15H16FNO2. The highest BCUT2D eigenvalue weighted by molar-refractivity contribution is 5.52. The lowest BCUT2D eigenvalue weighted by Gasteiger charge is -2.12. The second-order valence-electron chi connectivity index (χ2n) is 4.26. The lowest BCUT2D eigenvalue weighted by atomic mass is 10.1. The fourth-order valence-electron chi connectivity index (χ4n) is 1.82. The molecule has 4 heteroatoms.